The SMILES string of the molecule is CN[C@@H](Cc1ccccc1)C(=O)N(C)C(CCCc1cccnc1)CCCc1cccnc1. The second-order valence-corrected chi connectivity index (χ2v) is 8.64. The first-order valence-electron chi connectivity index (χ1n) is 11.9. The Morgan fingerprint density at radius 3 is 1.88 bits per heavy atom. The van der Waals surface area contributed by atoms with Gasteiger partial charge < -0.3 is 10.2 Å². The number of hydrogen-bond donors (Lipinski definition) is 1. The number of likely N-dealkylation sites (N-methyl/N-ethyl adjacent to an activating group) is 2. The standard InChI is InChI=1S/C28H36N4O/c1-29-27(20-23-10-4-3-5-11-23)28(33)32(2)26(16-6-12-24-14-8-18-30-21-24)17-7-13-25-15-9-19-31-22-25/h3-5,8-11,14-15,18-19,21-22,26-27,29H,6-7,12-13,16-17,20H2,1-2H3/t27-/m0/s1. The van der Waals surface area contributed by atoms with Gasteiger partial charge in [-0.25, -0.2) is 0 Å². The third-order valence-electron chi connectivity index (χ3n) is 6.28. The van der Waals surface area contributed by atoms with Crippen LogP contribution in [-0.4, -0.2) is 47.0 Å². The summed E-state index contributed by atoms with van der Waals surface area (Å²) in [6.45, 7) is 0. The molecule has 5 heteroatoms. The van der Waals surface area contributed by atoms with Crippen molar-refractivity contribution in [1.29, 1.82) is 0 Å². The average molecular weight is 445 g/mol. The summed E-state index contributed by atoms with van der Waals surface area (Å²) in [4.78, 5) is 23.9. The van der Waals surface area contributed by atoms with Crippen molar-refractivity contribution in [1.82, 2.24) is 20.2 Å². The van der Waals surface area contributed by atoms with Gasteiger partial charge in [0, 0.05) is 37.9 Å². The zero-order valence-electron chi connectivity index (χ0n) is 19.9. The molecular weight excluding hydrogens is 408 g/mol. The molecule has 0 aliphatic carbocycles. The Balaban J connectivity index is 1.62. The van der Waals surface area contributed by atoms with E-state index in [1.54, 1.807) is 0 Å². The molecule has 0 saturated heterocycles. The van der Waals surface area contributed by atoms with Crippen LogP contribution in [0.3, 0.4) is 0 Å². The zero-order valence-corrected chi connectivity index (χ0v) is 19.9. The van der Waals surface area contributed by atoms with Crippen LogP contribution in [0.1, 0.15) is 42.4 Å². The van der Waals surface area contributed by atoms with Crippen molar-refractivity contribution < 1.29 is 4.79 Å². The van der Waals surface area contributed by atoms with Crippen LogP contribution in [-0.2, 0) is 24.1 Å². The predicted molar refractivity (Wildman–Crippen MR) is 134 cm³/mol. The molecule has 33 heavy (non-hydrogen) atoms. The molecule has 2 aromatic heterocycles. The highest BCUT2D eigenvalue weighted by atomic mass is 16.2. The van der Waals surface area contributed by atoms with Gasteiger partial charge in [0.25, 0.3) is 0 Å². The molecule has 0 fully saturated rings. The smallest absolute Gasteiger partial charge is 0.240 e. The van der Waals surface area contributed by atoms with E-state index < -0.39 is 0 Å². The molecule has 0 aliphatic rings. The van der Waals surface area contributed by atoms with Gasteiger partial charge in [-0.3, -0.25) is 14.8 Å². The Morgan fingerprint density at radius 1 is 0.848 bits per heavy atom. The number of nitrogens with one attached hydrogen (secondary N) is 1. The molecular formula is C28H36N4O. The highest BCUT2D eigenvalue weighted by Crippen LogP contribution is 2.18. The molecule has 1 aromatic carbocycles. The third kappa shape index (κ3) is 8.10. The number of nitrogens with zero attached hydrogens (tertiary/aromatic N) is 3. The third-order valence-corrected chi connectivity index (χ3v) is 6.28. The van der Waals surface area contributed by atoms with Gasteiger partial charge in [-0.05, 0) is 80.8 Å². The quantitative estimate of drug-likeness (QED) is 0.422. The molecule has 174 valence electrons. The molecule has 1 N–H and O–H groups in total. The van der Waals surface area contributed by atoms with Crippen molar-refractivity contribution in [3.63, 3.8) is 0 Å². The van der Waals surface area contributed by atoms with E-state index in [9.17, 15) is 4.79 Å². The zero-order chi connectivity index (χ0) is 23.3. The Bertz CT molecular complexity index is 888. The number of aryl methyl sites for hydroxylation is 2. The van der Waals surface area contributed by atoms with Gasteiger partial charge >= 0.3 is 0 Å². The summed E-state index contributed by atoms with van der Waals surface area (Å²) in [6.07, 6.45) is 14.2. The van der Waals surface area contributed by atoms with Gasteiger partial charge in [-0.2, -0.15) is 0 Å². The summed E-state index contributed by atoms with van der Waals surface area (Å²) >= 11 is 0. The first-order valence-corrected chi connectivity index (χ1v) is 11.9. The van der Waals surface area contributed by atoms with Crippen molar-refractivity contribution in [2.45, 2.75) is 57.0 Å². The van der Waals surface area contributed by atoms with Crippen LogP contribution in [0.4, 0.5) is 0 Å². The minimum absolute atomic E-state index is 0.161. The molecule has 1 amide bonds. The first kappa shape index (κ1) is 24.6. The van der Waals surface area contributed by atoms with Gasteiger partial charge in [0.15, 0.2) is 0 Å². The molecule has 3 aromatic rings. The number of carbonyl (C=O) groups excluding carboxylic acids is 1. The van der Waals surface area contributed by atoms with Gasteiger partial charge in [0.2, 0.25) is 5.91 Å². The number of hydrogen-bond acceptors (Lipinski definition) is 4. The summed E-state index contributed by atoms with van der Waals surface area (Å²) in [5, 5.41) is 3.24. The van der Waals surface area contributed by atoms with Crippen LogP contribution in [0.25, 0.3) is 0 Å². The van der Waals surface area contributed by atoms with Crippen LogP contribution in [0.5, 0.6) is 0 Å². The van der Waals surface area contributed by atoms with Crippen molar-refractivity contribution in [2.24, 2.45) is 0 Å². The second-order valence-electron chi connectivity index (χ2n) is 8.64. The van der Waals surface area contributed by atoms with Crippen LogP contribution in [0.2, 0.25) is 0 Å². The van der Waals surface area contributed by atoms with E-state index in [0.717, 1.165) is 38.5 Å². The molecule has 0 spiro atoms. The number of aromatic nitrogens is 2. The van der Waals surface area contributed by atoms with E-state index in [1.807, 2.05) is 74.1 Å². The van der Waals surface area contributed by atoms with Crippen molar-refractivity contribution in [3.05, 3.63) is 96.1 Å². The average Bonchev–Trinajstić information content (AvgIpc) is 2.87. The van der Waals surface area contributed by atoms with E-state index in [0.29, 0.717) is 6.42 Å². The molecule has 1 atom stereocenters. The van der Waals surface area contributed by atoms with Crippen LogP contribution in [0.15, 0.2) is 79.4 Å². The van der Waals surface area contributed by atoms with E-state index in [-0.39, 0.29) is 18.0 Å². The Kier molecular flexibility index (Phi) is 10.0. The summed E-state index contributed by atoms with van der Waals surface area (Å²) in [7, 11) is 3.84. The Labute approximate surface area is 198 Å². The summed E-state index contributed by atoms with van der Waals surface area (Å²) < 4.78 is 0. The summed E-state index contributed by atoms with van der Waals surface area (Å²) in [6, 6.07) is 18.4. The van der Waals surface area contributed by atoms with Crippen LogP contribution >= 0.6 is 0 Å². The molecule has 5 nitrogen and oxygen atoms in total. The highest BCUT2D eigenvalue weighted by Gasteiger charge is 2.26. The molecule has 0 saturated carbocycles. The van der Waals surface area contributed by atoms with Crippen molar-refractivity contribution in [2.75, 3.05) is 14.1 Å². The van der Waals surface area contributed by atoms with E-state index in [4.69, 9.17) is 0 Å². The Hall–Kier alpha value is -3.05. The highest BCUT2D eigenvalue weighted by molar-refractivity contribution is 5.82. The van der Waals surface area contributed by atoms with Gasteiger partial charge in [0.1, 0.15) is 0 Å². The lowest BCUT2D eigenvalue weighted by atomic mass is 9.97. The minimum Gasteiger partial charge on any atom is -0.341 e. The van der Waals surface area contributed by atoms with E-state index in [2.05, 4.69) is 39.6 Å². The van der Waals surface area contributed by atoms with E-state index >= 15 is 0 Å². The van der Waals surface area contributed by atoms with Gasteiger partial charge in [-0.1, -0.05) is 42.5 Å². The van der Waals surface area contributed by atoms with Crippen LogP contribution in [0, 0.1) is 0 Å². The monoisotopic (exact) mass is 444 g/mol. The molecule has 0 unspecified atom stereocenters. The number of carbonyl (C=O) groups is 1. The molecule has 0 radical (unpaired) electrons. The number of rotatable bonds is 13. The molecule has 0 bridgehead atoms. The number of pyridine rings is 2. The maximum absolute atomic E-state index is 13.4. The topological polar surface area (TPSA) is 58.1 Å². The number of amides is 1. The normalized spacial score (nSPS) is 12.0. The first-order chi connectivity index (χ1) is 16.2. The predicted octanol–water partition coefficient (Wildman–Crippen LogP) is 4.48. The minimum atomic E-state index is -0.225. The van der Waals surface area contributed by atoms with Gasteiger partial charge in [0.05, 0.1) is 6.04 Å². The molecule has 0 aliphatic heterocycles. The van der Waals surface area contributed by atoms with Crippen molar-refractivity contribution in [3.8, 4) is 0 Å². The summed E-state index contributed by atoms with van der Waals surface area (Å²) in [5.41, 5.74) is 3.67. The van der Waals surface area contributed by atoms with E-state index in [1.165, 1.54) is 16.7 Å². The lowest BCUT2D eigenvalue weighted by Crippen LogP contribution is -2.48. The summed E-state index contributed by atoms with van der Waals surface area (Å²) in [5.74, 6) is 0.161. The fourth-order valence-electron chi connectivity index (χ4n) is 4.30. The number of benzene rings is 1. The largest absolute Gasteiger partial charge is 0.341 e. The molecule has 3 rings (SSSR count). The van der Waals surface area contributed by atoms with Crippen molar-refractivity contribution >= 4 is 5.91 Å². The Morgan fingerprint density at radius 2 is 1.39 bits per heavy atom. The maximum atomic E-state index is 13.4. The fraction of sp³-hybridized carbons (Fsp3) is 0.393. The fourth-order valence-corrected chi connectivity index (χ4v) is 4.30. The lowest BCUT2D eigenvalue weighted by molar-refractivity contribution is -0.134. The van der Waals surface area contributed by atoms with Crippen LogP contribution < -0.4 is 5.32 Å². The van der Waals surface area contributed by atoms with Gasteiger partial charge in [-0.15, -0.1) is 0 Å². The lowest BCUT2D eigenvalue weighted by Gasteiger charge is -2.32. The maximum Gasteiger partial charge on any atom is 0.240 e. The second kappa shape index (κ2) is 13.5. The molecule has 2 heterocycles.